The minimum absolute atomic E-state index is 0.0709. The fourth-order valence-electron chi connectivity index (χ4n) is 3.11. The molecule has 1 saturated heterocycles. The van der Waals surface area contributed by atoms with E-state index in [1.807, 2.05) is 24.3 Å². The first kappa shape index (κ1) is 10.7. The first-order chi connectivity index (χ1) is 8.24. The Balaban J connectivity index is 1.58. The molecule has 1 saturated carbocycles. The van der Waals surface area contributed by atoms with Gasteiger partial charge in [0.1, 0.15) is 5.67 Å². The number of halogens is 1. The molecule has 17 heavy (non-hydrogen) atoms. The third-order valence-corrected chi connectivity index (χ3v) is 4.12. The van der Waals surface area contributed by atoms with Crippen LogP contribution in [0.1, 0.15) is 12.0 Å². The molecule has 1 aromatic rings. The molecular weight excluding hydrogens is 215 g/mol. The van der Waals surface area contributed by atoms with Crippen LogP contribution < -0.4 is 0 Å². The van der Waals surface area contributed by atoms with E-state index < -0.39 is 5.67 Å². The largest absolute Gasteiger partial charge is 0.298 e. The Morgan fingerprint density at radius 1 is 1.29 bits per heavy atom. The van der Waals surface area contributed by atoms with Crippen LogP contribution in [-0.2, 0) is 6.54 Å². The highest BCUT2D eigenvalue weighted by Crippen LogP contribution is 2.60. The van der Waals surface area contributed by atoms with E-state index >= 15 is 0 Å². The predicted octanol–water partition coefficient (Wildman–Crippen LogP) is 2.37. The first-order valence-corrected chi connectivity index (χ1v) is 6.06. The average molecular weight is 230 g/mol. The van der Waals surface area contributed by atoms with E-state index in [2.05, 4.69) is 17.0 Å². The Bertz CT molecular complexity index is 439. The Kier molecular flexibility index (Phi) is 2.41. The van der Waals surface area contributed by atoms with Gasteiger partial charge < -0.3 is 0 Å². The lowest BCUT2D eigenvalue weighted by atomic mass is 10.1. The third-order valence-electron chi connectivity index (χ3n) is 4.12. The second-order valence-corrected chi connectivity index (χ2v) is 5.15. The lowest BCUT2D eigenvalue weighted by Gasteiger charge is -2.20. The minimum atomic E-state index is -1.16. The molecule has 0 spiro atoms. The van der Waals surface area contributed by atoms with Gasteiger partial charge in [0.25, 0.3) is 0 Å². The summed E-state index contributed by atoms with van der Waals surface area (Å²) >= 11 is 0. The fraction of sp³-hybridized carbons (Fsp3) is 0.500. The van der Waals surface area contributed by atoms with Crippen LogP contribution >= 0.6 is 0 Å². The summed E-state index contributed by atoms with van der Waals surface area (Å²) in [5, 5.41) is 8.59. The molecule has 88 valence electrons. The lowest BCUT2D eigenvalue weighted by molar-refractivity contribution is 0.183. The van der Waals surface area contributed by atoms with Crippen LogP contribution in [0.15, 0.2) is 30.3 Å². The topological polar surface area (TPSA) is 27.0 Å². The zero-order chi connectivity index (χ0) is 11.9. The minimum Gasteiger partial charge on any atom is -0.298 e. The van der Waals surface area contributed by atoms with Crippen LogP contribution in [0.2, 0.25) is 0 Å². The second-order valence-electron chi connectivity index (χ2n) is 5.15. The monoisotopic (exact) mass is 230 g/mol. The zero-order valence-corrected chi connectivity index (χ0v) is 9.64. The van der Waals surface area contributed by atoms with Crippen molar-refractivity contribution < 1.29 is 4.39 Å². The Labute approximate surface area is 101 Å². The molecular formula is C14H15FN2. The van der Waals surface area contributed by atoms with Gasteiger partial charge in [-0.25, -0.2) is 4.39 Å². The Hall–Kier alpha value is -1.40. The molecule has 2 aliphatic rings. The summed E-state index contributed by atoms with van der Waals surface area (Å²) in [5.41, 5.74) is 0.112. The van der Waals surface area contributed by atoms with E-state index in [0.717, 1.165) is 19.6 Å². The van der Waals surface area contributed by atoms with Gasteiger partial charge in [-0.2, -0.15) is 5.26 Å². The summed E-state index contributed by atoms with van der Waals surface area (Å²) in [6, 6.07) is 12.2. The van der Waals surface area contributed by atoms with Gasteiger partial charge in [0.15, 0.2) is 0 Å². The number of likely N-dealkylation sites (tertiary alicyclic amines) is 1. The molecule has 2 unspecified atom stereocenters. The summed E-state index contributed by atoms with van der Waals surface area (Å²) in [5.74, 6) is 0.205. The number of benzene rings is 1. The predicted molar refractivity (Wildman–Crippen MR) is 62.8 cm³/mol. The number of hydrogen-bond acceptors (Lipinski definition) is 2. The standard InChI is InChI=1S/C14H15FN2/c15-14(6-7-16)12-9-17(10-13(12)14)8-11-4-2-1-3-5-11/h1-5,12-13H,6,8-10H2. The highest BCUT2D eigenvalue weighted by Gasteiger charge is 2.69. The summed E-state index contributed by atoms with van der Waals surface area (Å²) in [4.78, 5) is 2.29. The highest BCUT2D eigenvalue weighted by molar-refractivity contribution is 5.22. The van der Waals surface area contributed by atoms with Crippen molar-refractivity contribution in [3.05, 3.63) is 35.9 Å². The highest BCUT2D eigenvalue weighted by atomic mass is 19.1. The van der Waals surface area contributed by atoms with Crippen molar-refractivity contribution in [3.8, 4) is 6.07 Å². The third kappa shape index (κ3) is 1.73. The van der Waals surface area contributed by atoms with Crippen LogP contribution in [0, 0.1) is 23.2 Å². The summed E-state index contributed by atoms with van der Waals surface area (Å²) in [7, 11) is 0. The normalized spacial score (nSPS) is 35.3. The van der Waals surface area contributed by atoms with E-state index in [9.17, 15) is 4.39 Å². The molecule has 0 N–H and O–H groups in total. The molecule has 0 amide bonds. The van der Waals surface area contributed by atoms with Crippen LogP contribution in [0.3, 0.4) is 0 Å². The Morgan fingerprint density at radius 2 is 1.94 bits per heavy atom. The van der Waals surface area contributed by atoms with Crippen LogP contribution in [0.5, 0.6) is 0 Å². The van der Waals surface area contributed by atoms with Crippen molar-refractivity contribution in [2.75, 3.05) is 13.1 Å². The van der Waals surface area contributed by atoms with Crippen molar-refractivity contribution in [1.29, 1.82) is 5.26 Å². The maximum atomic E-state index is 14.1. The van der Waals surface area contributed by atoms with Crippen molar-refractivity contribution in [2.45, 2.75) is 18.6 Å². The summed E-state index contributed by atoms with van der Waals surface area (Å²) in [6.07, 6.45) is 0.0709. The molecule has 0 radical (unpaired) electrons. The SMILES string of the molecule is N#CCC1(F)C2CN(Cc3ccccc3)CC21. The van der Waals surface area contributed by atoms with E-state index in [1.165, 1.54) is 5.56 Å². The Morgan fingerprint density at radius 3 is 2.53 bits per heavy atom. The molecule has 1 aliphatic heterocycles. The van der Waals surface area contributed by atoms with Gasteiger partial charge in [-0.1, -0.05) is 30.3 Å². The van der Waals surface area contributed by atoms with Crippen molar-refractivity contribution >= 4 is 0 Å². The van der Waals surface area contributed by atoms with Crippen LogP contribution in [-0.4, -0.2) is 23.7 Å². The molecule has 0 bridgehead atoms. The average Bonchev–Trinajstić information content (AvgIpc) is 2.73. The molecule has 1 aromatic carbocycles. The van der Waals surface area contributed by atoms with Gasteiger partial charge in [0.05, 0.1) is 12.5 Å². The number of fused-ring (bicyclic) bond motifs is 1. The van der Waals surface area contributed by atoms with Gasteiger partial charge in [-0.3, -0.25) is 4.90 Å². The van der Waals surface area contributed by atoms with Crippen molar-refractivity contribution in [1.82, 2.24) is 4.90 Å². The molecule has 3 heteroatoms. The van der Waals surface area contributed by atoms with Gasteiger partial charge >= 0.3 is 0 Å². The van der Waals surface area contributed by atoms with Gasteiger partial charge in [-0.15, -0.1) is 0 Å². The number of rotatable bonds is 3. The lowest BCUT2D eigenvalue weighted by Crippen LogP contribution is -2.28. The number of nitriles is 1. The molecule has 2 atom stereocenters. The number of piperidine rings is 1. The second kappa shape index (κ2) is 3.82. The molecule has 1 heterocycles. The van der Waals surface area contributed by atoms with E-state index in [4.69, 9.17) is 5.26 Å². The summed E-state index contributed by atoms with van der Waals surface area (Å²) < 4.78 is 14.1. The fourth-order valence-corrected chi connectivity index (χ4v) is 3.11. The van der Waals surface area contributed by atoms with E-state index in [0.29, 0.717) is 0 Å². The maximum absolute atomic E-state index is 14.1. The summed E-state index contributed by atoms with van der Waals surface area (Å²) in [6.45, 7) is 2.51. The van der Waals surface area contributed by atoms with Crippen LogP contribution in [0.4, 0.5) is 4.39 Å². The molecule has 2 nitrogen and oxygen atoms in total. The van der Waals surface area contributed by atoms with Gasteiger partial charge in [0, 0.05) is 31.5 Å². The number of hydrogen-bond donors (Lipinski definition) is 0. The zero-order valence-electron chi connectivity index (χ0n) is 9.64. The quantitative estimate of drug-likeness (QED) is 0.797. The molecule has 0 aromatic heterocycles. The number of alkyl halides is 1. The molecule has 2 fully saturated rings. The van der Waals surface area contributed by atoms with E-state index in [1.54, 1.807) is 0 Å². The molecule has 1 aliphatic carbocycles. The van der Waals surface area contributed by atoms with Gasteiger partial charge in [0.2, 0.25) is 0 Å². The van der Waals surface area contributed by atoms with Crippen molar-refractivity contribution in [3.63, 3.8) is 0 Å². The molecule has 3 rings (SSSR count). The van der Waals surface area contributed by atoms with E-state index in [-0.39, 0.29) is 18.3 Å². The van der Waals surface area contributed by atoms with Crippen molar-refractivity contribution in [2.24, 2.45) is 11.8 Å². The number of nitrogens with zero attached hydrogens (tertiary/aromatic N) is 2. The maximum Gasteiger partial charge on any atom is 0.132 e. The smallest absolute Gasteiger partial charge is 0.132 e. The first-order valence-electron chi connectivity index (χ1n) is 6.06. The van der Waals surface area contributed by atoms with Gasteiger partial charge in [-0.05, 0) is 5.56 Å². The van der Waals surface area contributed by atoms with Crippen LogP contribution in [0.25, 0.3) is 0 Å².